The second-order valence-corrected chi connectivity index (χ2v) is 3.43. The number of carbonyl (C=O) groups excluding carboxylic acids is 2. The Morgan fingerprint density at radius 1 is 1.24 bits per heavy atom. The number of nitrogens with zero attached hydrogens (tertiary/aromatic N) is 2. The van der Waals surface area contributed by atoms with E-state index in [0.717, 1.165) is 0 Å². The third kappa shape index (κ3) is 3.30. The zero-order chi connectivity index (χ0) is 12.8. The number of ether oxygens (including phenoxy) is 2. The zero-order valence-electron chi connectivity index (χ0n) is 10.3. The summed E-state index contributed by atoms with van der Waals surface area (Å²) in [6, 6.07) is -1.07. The van der Waals surface area contributed by atoms with Gasteiger partial charge in [0.25, 0.3) is 6.04 Å². The first-order chi connectivity index (χ1) is 8.10. The van der Waals surface area contributed by atoms with Crippen LogP contribution in [0.5, 0.6) is 0 Å². The summed E-state index contributed by atoms with van der Waals surface area (Å²) in [6.07, 6.45) is 4.97. The molecule has 0 aliphatic heterocycles. The van der Waals surface area contributed by atoms with Gasteiger partial charge in [-0.05, 0) is 13.8 Å². The number of esters is 2. The predicted molar refractivity (Wildman–Crippen MR) is 57.9 cm³/mol. The van der Waals surface area contributed by atoms with Gasteiger partial charge >= 0.3 is 11.9 Å². The van der Waals surface area contributed by atoms with Gasteiger partial charge in [0.15, 0.2) is 0 Å². The molecule has 0 aromatic carbocycles. The van der Waals surface area contributed by atoms with Gasteiger partial charge < -0.3 is 9.47 Å². The summed E-state index contributed by atoms with van der Waals surface area (Å²) in [7, 11) is 1.80. The van der Waals surface area contributed by atoms with Crippen molar-refractivity contribution in [3.05, 3.63) is 18.7 Å². The number of hydrogen-bond acceptors (Lipinski definition) is 4. The van der Waals surface area contributed by atoms with E-state index in [1.807, 2.05) is 0 Å². The molecule has 0 saturated carbocycles. The van der Waals surface area contributed by atoms with Crippen LogP contribution in [0.2, 0.25) is 0 Å². The molecule has 6 heteroatoms. The highest BCUT2D eigenvalue weighted by Gasteiger charge is 2.35. The molecule has 0 atom stereocenters. The number of aromatic nitrogens is 2. The van der Waals surface area contributed by atoms with Gasteiger partial charge in [0.1, 0.15) is 12.4 Å². The van der Waals surface area contributed by atoms with E-state index in [4.69, 9.17) is 9.47 Å². The first-order valence-corrected chi connectivity index (χ1v) is 5.46. The largest absolute Gasteiger partial charge is 0.462 e. The van der Waals surface area contributed by atoms with Crippen molar-refractivity contribution in [1.29, 1.82) is 0 Å². The van der Waals surface area contributed by atoms with Crippen molar-refractivity contribution >= 4 is 11.9 Å². The minimum atomic E-state index is -1.07. The maximum atomic E-state index is 11.7. The minimum Gasteiger partial charge on any atom is -0.462 e. The van der Waals surface area contributed by atoms with Gasteiger partial charge in [-0.1, -0.05) is 0 Å². The molecule has 0 unspecified atom stereocenters. The highest BCUT2D eigenvalue weighted by molar-refractivity contribution is 5.95. The van der Waals surface area contributed by atoms with Crippen LogP contribution in [0.25, 0.3) is 0 Å². The Kier molecular flexibility index (Phi) is 4.68. The van der Waals surface area contributed by atoms with Crippen molar-refractivity contribution in [3.63, 3.8) is 0 Å². The van der Waals surface area contributed by atoms with E-state index < -0.39 is 18.0 Å². The number of imidazole rings is 1. The van der Waals surface area contributed by atoms with Gasteiger partial charge in [-0.25, -0.2) is 18.7 Å². The van der Waals surface area contributed by atoms with Crippen LogP contribution in [0.15, 0.2) is 18.7 Å². The fourth-order valence-electron chi connectivity index (χ4n) is 1.40. The molecule has 94 valence electrons. The smallest absolute Gasteiger partial charge is 0.363 e. The van der Waals surface area contributed by atoms with Crippen LogP contribution in [0.3, 0.4) is 0 Å². The Balaban J connectivity index is 2.93. The fraction of sp³-hybridized carbons (Fsp3) is 0.545. The summed E-state index contributed by atoms with van der Waals surface area (Å²) >= 11 is 0. The first kappa shape index (κ1) is 13.2. The van der Waals surface area contributed by atoms with Crippen LogP contribution >= 0.6 is 0 Å². The van der Waals surface area contributed by atoms with Gasteiger partial charge in [0, 0.05) is 0 Å². The summed E-state index contributed by atoms with van der Waals surface area (Å²) in [4.78, 5) is 23.4. The van der Waals surface area contributed by atoms with E-state index in [1.54, 1.807) is 44.2 Å². The van der Waals surface area contributed by atoms with E-state index in [0.29, 0.717) is 0 Å². The molecular formula is C11H17N2O4+. The van der Waals surface area contributed by atoms with E-state index >= 15 is 0 Å². The van der Waals surface area contributed by atoms with Crippen LogP contribution in [-0.4, -0.2) is 29.7 Å². The Hall–Kier alpha value is -1.85. The van der Waals surface area contributed by atoms with Crippen LogP contribution < -0.4 is 4.57 Å². The first-order valence-electron chi connectivity index (χ1n) is 5.46. The van der Waals surface area contributed by atoms with Crippen LogP contribution in [0.1, 0.15) is 19.9 Å². The lowest BCUT2D eigenvalue weighted by molar-refractivity contribution is -0.698. The van der Waals surface area contributed by atoms with Crippen molar-refractivity contribution < 1.29 is 23.6 Å². The van der Waals surface area contributed by atoms with Crippen LogP contribution in [-0.2, 0) is 26.1 Å². The Morgan fingerprint density at radius 3 is 2.12 bits per heavy atom. The third-order valence-electron chi connectivity index (χ3n) is 2.11. The average Bonchev–Trinajstić information content (AvgIpc) is 2.66. The van der Waals surface area contributed by atoms with Crippen molar-refractivity contribution in [2.75, 3.05) is 13.2 Å². The average molecular weight is 241 g/mol. The van der Waals surface area contributed by atoms with E-state index in [2.05, 4.69) is 0 Å². The van der Waals surface area contributed by atoms with E-state index in [1.165, 1.54) is 4.57 Å². The minimum absolute atomic E-state index is 0.224. The lowest BCUT2D eigenvalue weighted by atomic mass is 10.3. The maximum absolute atomic E-state index is 11.7. The normalized spacial score (nSPS) is 10.4. The monoisotopic (exact) mass is 241 g/mol. The SMILES string of the molecule is CCOC(=O)C(C(=O)OCC)[n+]1ccn(C)c1. The second-order valence-electron chi connectivity index (χ2n) is 3.43. The highest BCUT2D eigenvalue weighted by Crippen LogP contribution is 2.03. The summed E-state index contributed by atoms with van der Waals surface area (Å²) in [5.41, 5.74) is 0. The molecule has 0 radical (unpaired) electrons. The fourth-order valence-corrected chi connectivity index (χ4v) is 1.40. The standard InChI is InChI=1S/C11H17N2O4/c1-4-16-10(14)9(11(15)17-5-2)13-7-6-12(3)8-13/h6-9H,4-5H2,1-3H3/q+1. The van der Waals surface area contributed by atoms with Crippen molar-refractivity contribution in [1.82, 2.24) is 4.57 Å². The molecule has 0 N–H and O–H groups in total. The summed E-state index contributed by atoms with van der Waals surface area (Å²) < 4.78 is 12.9. The summed E-state index contributed by atoms with van der Waals surface area (Å²) in [5, 5.41) is 0. The molecule has 6 nitrogen and oxygen atoms in total. The molecule has 1 aromatic heterocycles. The van der Waals surface area contributed by atoms with Crippen molar-refractivity contribution in [3.8, 4) is 0 Å². The van der Waals surface area contributed by atoms with Gasteiger partial charge in [0.05, 0.1) is 20.3 Å². The molecule has 0 bridgehead atoms. The third-order valence-corrected chi connectivity index (χ3v) is 2.11. The Labute approximate surface area is 99.7 Å². The zero-order valence-corrected chi connectivity index (χ0v) is 10.3. The number of aryl methyl sites for hydroxylation is 1. The van der Waals surface area contributed by atoms with Gasteiger partial charge in [0.2, 0.25) is 6.33 Å². The van der Waals surface area contributed by atoms with Crippen LogP contribution in [0.4, 0.5) is 0 Å². The maximum Gasteiger partial charge on any atom is 0.363 e. The van der Waals surface area contributed by atoms with Crippen molar-refractivity contribution in [2.24, 2.45) is 7.05 Å². The second kappa shape index (κ2) is 6.03. The molecule has 0 fully saturated rings. The topological polar surface area (TPSA) is 61.4 Å². The lowest BCUT2D eigenvalue weighted by Gasteiger charge is -2.11. The number of rotatable bonds is 5. The molecule has 0 amide bonds. The Morgan fingerprint density at radius 2 is 1.76 bits per heavy atom. The van der Waals surface area contributed by atoms with Gasteiger partial charge in [-0.3, -0.25) is 0 Å². The van der Waals surface area contributed by atoms with E-state index in [-0.39, 0.29) is 13.2 Å². The quantitative estimate of drug-likeness (QED) is 0.413. The molecular weight excluding hydrogens is 224 g/mol. The van der Waals surface area contributed by atoms with Gasteiger partial charge in [-0.2, -0.15) is 0 Å². The molecule has 1 aromatic rings. The number of hydrogen-bond donors (Lipinski definition) is 0. The molecule has 0 aliphatic carbocycles. The molecule has 1 heterocycles. The highest BCUT2D eigenvalue weighted by atomic mass is 16.6. The molecule has 0 saturated heterocycles. The summed E-state index contributed by atoms with van der Waals surface area (Å²) in [5.74, 6) is -1.22. The summed E-state index contributed by atoms with van der Waals surface area (Å²) in [6.45, 7) is 3.83. The molecule has 17 heavy (non-hydrogen) atoms. The van der Waals surface area contributed by atoms with E-state index in [9.17, 15) is 9.59 Å². The van der Waals surface area contributed by atoms with Crippen molar-refractivity contribution in [2.45, 2.75) is 19.9 Å². The predicted octanol–water partition coefficient (Wildman–Crippen LogP) is -0.0201. The molecule has 0 spiro atoms. The van der Waals surface area contributed by atoms with Gasteiger partial charge in [-0.15, -0.1) is 0 Å². The van der Waals surface area contributed by atoms with Crippen LogP contribution in [0, 0.1) is 0 Å². The number of carbonyl (C=O) groups is 2. The molecule has 0 aliphatic rings. The molecule has 1 rings (SSSR count). The Bertz CT molecular complexity index is 382. The lowest BCUT2D eigenvalue weighted by Crippen LogP contribution is -2.48.